The lowest BCUT2D eigenvalue weighted by molar-refractivity contribution is -0.142. The zero-order valence-corrected chi connectivity index (χ0v) is 13.2. The van der Waals surface area contributed by atoms with E-state index < -0.39 is 5.97 Å². The predicted octanol–water partition coefficient (Wildman–Crippen LogP) is 3.84. The number of halogens is 1. The van der Waals surface area contributed by atoms with E-state index in [1.165, 1.54) is 5.56 Å². The van der Waals surface area contributed by atoms with E-state index in [-0.39, 0.29) is 12.0 Å². The summed E-state index contributed by atoms with van der Waals surface area (Å²) in [6.07, 6.45) is 4.05. The third-order valence-corrected chi connectivity index (χ3v) is 5.44. The number of carbonyl (C=O) groups is 1. The fourth-order valence-corrected chi connectivity index (χ4v) is 4.35. The molecule has 2 fully saturated rings. The minimum Gasteiger partial charge on any atom is -0.481 e. The number of hydrogen-bond donors (Lipinski definition) is 1. The smallest absolute Gasteiger partial charge is 0.308 e. The van der Waals surface area contributed by atoms with Gasteiger partial charge in [0, 0.05) is 22.6 Å². The van der Waals surface area contributed by atoms with E-state index in [0.717, 1.165) is 30.2 Å². The molecule has 2 saturated heterocycles. The summed E-state index contributed by atoms with van der Waals surface area (Å²) in [5.74, 6) is -0.786. The van der Waals surface area contributed by atoms with Gasteiger partial charge in [0.05, 0.1) is 5.92 Å². The lowest BCUT2D eigenvalue weighted by Crippen LogP contribution is -2.35. The zero-order chi connectivity index (χ0) is 14.3. The number of rotatable bonds is 4. The van der Waals surface area contributed by atoms with Crippen molar-refractivity contribution in [3.8, 4) is 0 Å². The van der Waals surface area contributed by atoms with Crippen LogP contribution in [0.4, 0.5) is 0 Å². The maximum Gasteiger partial charge on any atom is 0.308 e. The van der Waals surface area contributed by atoms with Gasteiger partial charge in [-0.05, 0) is 43.4 Å². The molecule has 0 radical (unpaired) electrons. The fraction of sp³-hybridized carbons (Fsp3) is 0.562. The van der Waals surface area contributed by atoms with Gasteiger partial charge in [0.25, 0.3) is 0 Å². The number of fused-ring (bicyclic) bond motifs is 2. The van der Waals surface area contributed by atoms with Gasteiger partial charge in [-0.2, -0.15) is 0 Å². The monoisotopic (exact) mass is 337 g/mol. The second-order valence-electron chi connectivity index (χ2n) is 5.90. The first-order valence-corrected chi connectivity index (χ1v) is 8.16. The van der Waals surface area contributed by atoms with E-state index in [1.807, 2.05) is 0 Å². The van der Waals surface area contributed by atoms with Crippen LogP contribution < -0.4 is 0 Å². The molecule has 4 unspecified atom stereocenters. The van der Waals surface area contributed by atoms with Crippen molar-refractivity contribution in [2.45, 2.75) is 50.7 Å². The number of carboxylic acids is 1. The number of hydrogen-bond acceptors (Lipinski definition) is 2. The Bertz CT molecular complexity index is 502. The quantitative estimate of drug-likeness (QED) is 0.907. The highest BCUT2D eigenvalue weighted by Gasteiger charge is 2.51. The van der Waals surface area contributed by atoms with Gasteiger partial charge in [-0.15, -0.1) is 0 Å². The van der Waals surface area contributed by atoms with Crippen LogP contribution in [-0.4, -0.2) is 28.1 Å². The van der Waals surface area contributed by atoms with E-state index >= 15 is 0 Å². The molecule has 108 valence electrons. The molecule has 0 amide bonds. The van der Waals surface area contributed by atoms with Gasteiger partial charge < -0.3 is 5.11 Å². The minimum atomic E-state index is -0.618. The van der Waals surface area contributed by atoms with Crippen molar-refractivity contribution in [3.63, 3.8) is 0 Å². The lowest BCUT2D eigenvalue weighted by atomic mass is 9.89. The van der Waals surface area contributed by atoms with E-state index in [9.17, 15) is 9.90 Å². The Balaban J connectivity index is 1.87. The fourth-order valence-electron chi connectivity index (χ4n) is 4.09. The van der Waals surface area contributed by atoms with Gasteiger partial charge in [-0.1, -0.05) is 35.0 Å². The maximum absolute atomic E-state index is 11.4. The second-order valence-corrected chi connectivity index (χ2v) is 6.82. The van der Waals surface area contributed by atoms with Crippen molar-refractivity contribution in [1.82, 2.24) is 4.90 Å². The summed E-state index contributed by atoms with van der Waals surface area (Å²) in [6, 6.07) is 9.50. The standard InChI is InChI=1S/C16H20BrNO2/c1-2-14(10-3-5-11(17)6-4-10)18-12-7-8-15(18)13(9-12)16(19)20/h3-6,12-15H,2,7-9H2,1H3,(H,19,20). The Kier molecular flexibility index (Phi) is 3.87. The molecule has 20 heavy (non-hydrogen) atoms. The summed E-state index contributed by atoms with van der Waals surface area (Å²) >= 11 is 3.47. The Morgan fingerprint density at radius 3 is 2.65 bits per heavy atom. The highest BCUT2D eigenvalue weighted by molar-refractivity contribution is 9.10. The molecule has 0 aromatic heterocycles. The third kappa shape index (κ3) is 2.29. The highest BCUT2D eigenvalue weighted by Crippen LogP contribution is 2.47. The molecule has 2 aliphatic heterocycles. The van der Waals surface area contributed by atoms with Crippen LogP contribution in [-0.2, 0) is 4.79 Å². The molecular weight excluding hydrogens is 318 g/mol. The summed E-state index contributed by atoms with van der Waals surface area (Å²) in [7, 11) is 0. The van der Waals surface area contributed by atoms with Crippen LogP contribution in [0.15, 0.2) is 28.7 Å². The van der Waals surface area contributed by atoms with Crippen molar-refractivity contribution in [3.05, 3.63) is 34.3 Å². The van der Waals surface area contributed by atoms with Crippen LogP contribution in [0.5, 0.6) is 0 Å². The molecule has 1 aromatic rings. The molecule has 0 aliphatic carbocycles. The van der Waals surface area contributed by atoms with Crippen LogP contribution in [0.2, 0.25) is 0 Å². The molecule has 3 nitrogen and oxygen atoms in total. The van der Waals surface area contributed by atoms with Crippen molar-refractivity contribution >= 4 is 21.9 Å². The van der Waals surface area contributed by atoms with Crippen LogP contribution >= 0.6 is 15.9 Å². The van der Waals surface area contributed by atoms with E-state index in [0.29, 0.717) is 12.1 Å². The van der Waals surface area contributed by atoms with Crippen molar-refractivity contribution < 1.29 is 9.90 Å². The van der Waals surface area contributed by atoms with E-state index in [4.69, 9.17) is 0 Å². The predicted molar refractivity (Wildman–Crippen MR) is 81.6 cm³/mol. The summed E-state index contributed by atoms with van der Waals surface area (Å²) in [5.41, 5.74) is 1.30. The number of aliphatic carboxylic acids is 1. The van der Waals surface area contributed by atoms with Gasteiger partial charge in [0.1, 0.15) is 0 Å². The summed E-state index contributed by atoms with van der Waals surface area (Å²) < 4.78 is 1.09. The maximum atomic E-state index is 11.4. The van der Waals surface area contributed by atoms with Gasteiger partial charge in [0.2, 0.25) is 0 Å². The van der Waals surface area contributed by atoms with Crippen molar-refractivity contribution in [2.24, 2.45) is 5.92 Å². The molecule has 0 spiro atoms. The van der Waals surface area contributed by atoms with Crippen LogP contribution in [0.25, 0.3) is 0 Å². The van der Waals surface area contributed by atoms with Crippen LogP contribution in [0.1, 0.15) is 44.2 Å². The Morgan fingerprint density at radius 1 is 1.40 bits per heavy atom. The molecular formula is C16H20BrNO2. The van der Waals surface area contributed by atoms with Crippen molar-refractivity contribution in [2.75, 3.05) is 0 Å². The number of nitrogens with zero attached hydrogens (tertiary/aromatic N) is 1. The first kappa shape index (κ1) is 14.1. The molecule has 2 bridgehead atoms. The normalized spacial score (nSPS) is 30.6. The van der Waals surface area contributed by atoms with E-state index in [1.54, 1.807) is 0 Å². The SMILES string of the molecule is CCC(c1ccc(Br)cc1)N1C2CCC1C(C(=O)O)C2. The average molecular weight is 338 g/mol. The molecule has 3 rings (SSSR count). The number of benzene rings is 1. The topological polar surface area (TPSA) is 40.5 Å². The molecule has 2 aliphatic rings. The third-order valence-electron chi connectivity index (χ3n) is 4.91. The van der Waals surface area contributed by atoms with Crippen LogP contribution in [0, 0.1) is 5.92 Å². The molecule has 0 saturated carbocycles. The zero-order valence-electron chi connectivity index (χ0n) is 11.6. The first-order chi connectivity index (χ1) is 9.61. The molecule has 4 heteroatoms. The molecule has 1 N–H and O–H groups in total. The average Bonchev–Trinajstić information content (AvgIpc) is 3.00. The van der Waals surface area contributed by atoms with E-state index in [2.05, 4.69) is 52.0 Å². The van der Waals surface area contributed by atoms with Crippen LogP contribution in [0.3, 0.4) is 0 Å². The summed E-state index contributed by atoms with van der Waals surface area (Å²) in [4.78, 5) is 13.9. The molecule has 1 aromatic carbocycles. The first-order valence-electron chi connectivity index (χ1n) is 7.37. The Labute approximate surface area is 128 Å². The highest BCUT2D eigenvalue weighted by atomic mass is 79.9. The largest absolute Gasteiger partial charge is 0.481 e. The van der Waals surface area contributed by atoms with Gasteiger partial charge in [-0.3, -0.25) is 9.69 Å². The summed E-state index contributed by atoms with van der Waals surface area (Å²) in [5, 5.41) is 9.38. The van der Waals surface area contributed by atoms with Gasteiger partial charge >= 0.3 is 5.97 Å². The molecule has 4 atom stereocenters. The minimum absolute atomic E-state index is 0.168. The summed E-state index contributed by atoms with van der Waals surface area (Å²) in [6.45, 7) is 2.19. The Morgan fingerprint density at radius 2 is 2.10 bits per heavy atom. The number of carboxylic acid groups (broad SMARTS) is 1. The second kappa shape index (κ2) is 5.49. The van der Waals surface area contributed by atoms with Crippen molar-refractivity contribution in [1.29, 1.82) is 0 Å². The molecule has 2 heterocycles. The van der Waals surface area contributed by atoms with Gasteiger partial charge in [0.15, 0.2) is 0 Å². The lowest BCUT2D eigenvalue weighted by Gasteiger charge is -2.32. The Hall–Kier alpha value is -0.870. The van der Waals surface area contributed by atoms with Gasteiger partial charge in [-0.25, -0.2) is 0 Å².